The van der Waals surface area contributed by atoms with Gasteiger partial charge in [0, 0.05) is 6.54 Å². The maximum atomic E-state index is 9.86. The van der Waals surface area contributed by atoms with Crippen LogP contribution < -0.4 is 0 Å². The van der Waals surface area contributed by atoms with Gasteiger partial charge in [-0.25, -0.2) is 0 Å². The summed E-state index contributed by atoms with van der Waals surface area (Å²) in [4.78, 5) is 2.15. The molecule has 1 N–H and O–H groups in total. The largest absolute Gasteiger partial charge is 0.508 e. The molecule has 1 aromatic carbocycles. The van der Waals surface area contributed by atoms with Crippen LogP contribution in [0.1, 0.15) is 50.2 Å². The van der Waals surface area contributed by atoms with Gasteiger partial charge in [-0.1, -0.05) is 44.7 Å². The first-order chi connectivity index (χ1) is 8.63. The van der Waals surface area contributed by atoms with Crippen LogP contribution in [0.15, 0.2) is 18.2 Å². The van der Waals surface area contributed by atoms with Crippen molar-refractivity contribution in [1.29, 1.82) is 0 Å². The van der Waals surface area contributed by atoms with Gasteiger partial charge in [-0.15, -0.1) is 0 Å². The Balaban J connectivity index is 2.47. The third-order valence-electron chi connectivity index (χ3n) is 3.19. The van der Waals surface area contributed by atoms with Crippen LogP contribution in [0.2, 0.25) is 0 Å². The second-order valence-corrected chi connectivity index (χ2v) is 5.37. The molecule has 0 unspecified atom stereocenters. The van der Waals surface area contributed by atoms with Crippen molar-refractivity contribution in [1.82, 2.24) is 4.90 Å². The predicted molar refractivity (Wildman–Crippen MR) is 78.0 cm³/mol. The van der Waals surface area contributed by atoms with Crippen LogP contribution >= 0.6 is 0 Å². The van der Waals surface area contributed by atoms with Gasteiger partial charge in [0.2, 0.25) is 0 Å². The SMILES string of the molecule is CCCCCCCc1cc(CN(C)C)ccc1O. The standard InChI is InChI=1S/C16H27NO/c1-4-5-6-7-8-9-15-12-14(13-17(2)3)10-11-16(15)18/h10-12,18H,4-9,13H2,1-3H3. The van der Waals surface area contributed by atoms with Crippen LogP contribution in [-0.2, 0) is 13.0 Å². The van der Waals surface area contributed by atoms with Gasteiger partial charge in [0.05, 0.1) is 0 Å². The van der Waals surface area contributed by atoms with Crippen LogP contribution in [0.25, 0.3) is 0 Å². The zero-order valence-electron chi connectivity index (χ0n) is 12.1. The van der Waals surface area contributed by atoms with Gasteiger partial charge in [-0.3, -0.25) is 0 Å². The van der Waals surface area contributed by atoms with Crippen molar-refractivity contribution in [3.8, 4) is 5.75 Å². The van der Waals surface area contributed by atoms with Crippen molar-refractivity contribution < 1.29 is 5.11 Å². The summed E-state index contributed by atoms with van der Waals surface area (Å²) < 4.78 is 0. The van der Waals surface area contributed by atoms with E-state index in [0.717, 1.165) is 18.5 Å². The number of nitrogens with zero attached hydrogens (tertiary/aromatic N) is 1. The number of rotatable bonds is 8. The van der Waals surface area contributed by atoms with Gasteiger partial charge < -0.3 is 10.0 Å². The molecule has 0 aliphatic rings. The first-order valence-electron chi connectivity index (χ1n) is 7.09. The van der Waals surface area contributed by atoms with E-state index in [9.17, 15) is 5.11 Å². The quantitative estimate of drug-likeness (QED) is 0.705. The zero-order valence-corrected chi connectivity index (χ0v) is 12.1. The summed E-state index contributed by atoms with van der Waals surface area (Å²) in [5, 5.41) is 9.86. The van der Waals surface area contributed by atoms with E-state index in [1.807, 2.05) is 12.1 Å². The highest BCUT2D eigenvalue weighted by Gasteiger charge is 2.03. The molecule has 102 valence electrons. The van der Waals surface area contributed by atoms with Crippen LogP contribution in [-0.4, -0.2) is 24.1 Å². The van der Waals surface area contributed by atoms with E-state index in [2.05, 4.69) is 32.0 Å². The van der Waals surface area contributed by atoms with E-state index in [-0.39, 0.29) is 0 Å². The number of benzene rings is 1. The monoisotopic (exact) mass is 249 g/mol. The van der Waals surface area contributed by atoms with Crippen molar-refractivity contribution in [2.75, 3.05) is 14.1 Å². The molecule has 0 spiro atoms. The van der Waals surface area contributed by atoms with E-state index in [1.165, 1.54) is 37.7 Å². The number of phenolic OH excluding ortho intramolecular Hbond substituents is 1. The maximum Gasteiger partial charge on any atom is 0.118 e. The minimum absolute atomic E-state index is 0.452. The molecule has 0 aromatic heterocycles. The van der Waals surface area contributed by atoms with Crippen LogP contribution in [0.5, 0.6) is 5.75 Å². The lowest BCUT2D eigenvalue weighted by Crippen LogP contribution is -2.10. The van der Waals surface area contributed by atoms with Gasteiger partial charge >= 0.3 is 0 Å². The molecule has 0 atom stereocenters. The van der Waals surface area contributed by atoms with Crippen LogP contribution in [0.4, 0.5) is 0 Å². The Morgan fingerprint density at radius 1 is 1.06 bits per heavy atom. The van der Waals surface area contributed by atoms with Crippen molar-refractivity contribution in [3.05, 3.63) is 29.3 Å². The fourth-order valence-corrected chi connectivity index (χ4v) is 2.22. The van der Waals surface area contributed by atoms with Crippen LogP contribution in [0.3, 0.4) is 0 Å². The number of hydrogen-bond acceptors (Lipinski definition) is 2. The van der Waals surface area contributed by atoms with Crippen molar-refractivity contribution in [3.63, 3.8) is 0 Å². The molecule has 0 radical (unpaired) electrons. The highest BCUT2D eigenvalue weighted by atomic mass is 16.3. The number of hydrogen-bond donors (Lipinski definition) is 1. The maximum absolute atomic E-state index is 9.86. The summed E-state index contributed by atoms with van der Waals surface area (Å²) in [5.74, 6) is 0.452. The van der Waals surface area contributed by atoms with E-state index in [0.29, 0.717) is 5.75 Å². The van der Waals surface area contributed by atoms with E-state index >= 15 is 0 Å². The molecule has 0 amide bonds. The van der Waals surface area contributed by atoms with Gasteiger partial charge in [0.25, 0.3) is 0 Å². The Morgan fingerprint density at radius 3 is 2.44 bits per heavy atom. The summed E-state index contributed by atoms with van der Waals surface area (Å²) >= 11 is 0. The average Bonchev–Trinajstić information content (AvgIpc) is 2.32. The zero-order chi connectivity index (χ0) is 13.4. The Kier molecular flexibility index (Phi) is 6.81. The number of phenols is 1. The predicted octanol–water partition coefficient (Wildman–Crippen LogP) is 3.97. The summed E-state index contributed by atoms with van der Waals surface area (Å²) in [5.41, 5.74) is 2.38. The molecular weight excluding hydrogens is 222 g/mol. The fourth-order valence-electron chi connectivity index (χ4n) is 2.22. The topological polar surface area (TPSA) is 23.5 Å². The second-order valence-electron chi connectivity index (χ2n) is 5.37. The van der Waals surface area contributed by atoms with Gasteiger partial charge in [-0.2, -0.15) is 0 Å². The molecule has 1 rings (SSSR count). The molecule has 0 aliphatic heterocycles. The lowest BCUT2D eigenvalue weighted by Gasteiger charge is -2.12. The summed E-state index contributed by atoms with van der Waals surface area (Å²) in [7, 11) is 4.13. The van der Waals surface area contributed by atoms with E-state index < -0.39 is 0 Å². The lowest BCUT2D eigenvalue weighted by molar-refractivity contribution is 0.401. The average molecular weight is 249 g/mol. The van der Waals surface area contributed by atoms with E-state index in [4.69, 9.17) is 0 Å². The normalized spacial score (nSPS) is 11.1. The summed E-state index contributed by atoms with van der Waals surface area (Å²) in [6.07, 6.45) is 7.37. The molecule has 2 nitrogen and oxygen atoms in total. The third-order valence-corrected chi connectivity index (χ3v) is 3.19. The minimum atomic E-state index is 0.452. The van der Waals surface area contributed by atoms with Crippen molar-refractivity contribution in [2.45, 2.75) is 52.0 Å². The number of unbranched alkanes of at least 4 members (excludes halogenated alkanes) is 4. The molecule has 0 aliphatic carbocycles. The van der Waals surface area contributed by atoms with E-state index in [1.54, 1.807) is 0 Å². The molecule has 18 heavy (non-hydrogen) atoms. The van der Waals surface area contributed by atoms with Gasteiger partial charge in [0.1, 0.15) is 5.75 Å². The summed E-state index contributed by atoms with van der Waals surface area (Å²) in [6.45, 7) is 3.17. The molecule has 0 saturated heterocycles. The second kappa shape index (κ2) is 8.15. The van der Waals surface area contributed by atoms with Crippen LogP contribution in [0, 0.1) is 0 Å². The number of aryl methyl sites for hydroxylation is 1. The number of aromatic hydroxyl groups is 1. The highest BCUT2D eigenvalue weighted by molar-refractivity contribution is 5.36. The molecule has 0 fully saturated rings. The Labute approximate surface area is 112 Å². The minimum Gasteiger partial charge on any atom is -0.508 e. The highest BCUT2D eigenvalue weighted by Crippen LogP contribution is 2.21. The molecule has 0 bridgehead atoms. The van der Waals surface area contributed by atoms with Gasteiger partial charge in [-0.05, 0) is 44.1 Å². The molecule has 0 heterocycles. The smallest absolute Gasteiger partial charge is 0.118 e. The lowest BCUT2D eigenvalue weighted by atomic mass is 10.0. The Hall–Kier alpha value is -1.02. The fraction of sp³-hybridized carbons (Fsp3) is 0.625. The Morgan fingerprint density at radius 2 is 1.78 bits per heavy atom. The molecule has 0 saturated carbocycles. The Bertz CT molecular complexity index is 347. The first-order valence-corrected chi connectivity index (χ1v) is 7.09. The van der Waals surface area contributed by atoms with Crippen molar-refractivity contribution >= 4 is 0 Å². The third kappa shape index (κ3) is 5.54. The molecular formula is C16H27NO. The van der Waals surface area contributed by atoms with Crippen molar-refractivity contribution in [2.24, 2.45) is 0 Å². The first kappa shape index (κ1) is 15.0. The molecule has 1 aromatic rings. The van der Waals surface area contributed by atoms with Gasteiger partial charge in [0.15, 0.2) is 0 Å². The summed E-state index contributed by atoms with van der Waals surface area (Å²) in [6, 6.07) is 5.99. The molecule has 2 heteroatoms.